The van der Waals surface area contributed by atoms with Gasteiger partial charge >= 0.3 is 6.09 Å². The average Bonchev–Trinajstić information content (AvgIpc) is 3.35. The number of sulfonamides is 1. The standard InChI is InChI=1S/C22H26ClN3O6S3/c1-32-22(29)25-20(28)18-14-7-3-2-4-8-15(14)33-21(18)24-19(27)13-6-5-11-26(12-13)35(30,31)17-10-9-16(23)34-17/h9-10,13H,2-8,11-12H2,1H3,(H,24,27)(H,25,28,29). The molecule has 1 aliphatic carbocycles. The number of carbonyl (C=O) groups excluding carboxylic acids is 3. The Bertz CT molecular complexity index is 1240. The quantitative estimate of drug-likeness (QED) is 0.528. The maximum Gasteiger partial charge on any atom is 0.413 e. The van der Waals surface area contributed by atoms with Gasteiger partial charge in [-0.1, -0.05) is 18.0 Å². The van der Waals surface area contributed by atoms with Crippen molar-refractivity contribution >= 4 is 67.2 Å². The van der Waals surface area contributed by atoms with Gasteiger partial charge in [-0.3, -0.25) is 14.9 Å². The van der Waals surface area contributed by atoms with Crippen LogP contribution in [0.5, 0.6) is 0 Å². The van der Waals surface area contributed by atoms with Crippen molar-refractivity contribution in [2.45, 2.75) is 49.2 Å². The molecular weight excluding hydrogens is 534 g/mol. The van der Waals surface area contributed by atoms with E-state index in [-0.39, 0.29) is 16.7 Å². The molecule has 2 N–H and O–H groups in total. The van der Waals surface area contributed by atoms with Crippen LogP contribution in [0, 0.1) is 5.92 Å². The van der Waals surface area contributed by atoms with E-state index < -0.39 is 27.9 Å². The highest BCUT2D eigenvalue weighted by Gasteiger charge is 2.35. The first kappa shape index (κ1) is 26.1. The van der Waals surface area contributed by atoms with E-state index in [1.807, 2.05) is 0 Å². The topological polar surface area (TPSA) is 122 Å². The Morgan fingerprint density at radius 2 is 1.89 bits per heavy atom. The highest BCUT2D eigenvalue weighted by molar-refractivity contribution is 7.91. The minimum atomic E-state index is -3.75. The van der Waals surface area contributed by atoms with Crippen molar-refractivity contribution in [2.75, 3.05) is 25.5 Å². The lowest BCUT2D eigenvalue weighted by atomic mass is 9.98. The lowest BCUT2D eigenvalue weighted by Crippen LogP contribution is -2.43. The largest absolute Gasteiger partial charge is 0.453 e. The fraction of sp³-hybridized carbons (Fsp3) is 0.500. The van der Waals surface area contributed by atoms with Crippen LogP contribution in [0.3, 0.4) is 0 Å². The summed E-state index contributed by atoms with van der Waals surface area (Å²) in [6, 6.07) is 3.01. The first-order chi connectivity index (χ1) is 16.7. The van der Waals surface area contributed by atoms with Crippen LogP contribution in [0.25, 0.3) is 0 Å². The average molecular weight is 560 g/mol. The van der Waals surface area contributed by atoms with Gasteiger partial charge in [0.25, 0.3) is 15.9 Å². The maximum atomic E-state index is 13.2. The number of nitrogens with one attached hydrogen (secondary N) is 2. The summed E-state index contributed by atoms with van der Waals surface area (Å²) >= 11 is 8.25. The van der Waals surface area contributed by atoms with Crippen LogP contribution in [0.15, 0.2) is 16.3 Å². The highest BCUT2D eigenvalue weighted by atomic mass is 35.5. The molecule has 4 rings (SSSR count). The SMILES string of the molecule is COC(=O)NC(=O)c1c(NC(=O)C2CCCN(S(=O)(=O)c3ccc(Cl)s3)C2)sc2c1CCCCC2. The van der Waals surface area contributed by atoms with E-state index in [2.05, 4.69) is 15.4 Å². The predicted octanol–water partition coefficient (Wildman–Crippen LogP) is 4.27. The minimum absolute atomic E-state index is 0.0401. The van der Waals surface area contributed by atoms with Gasteiger partial charge in [0, 0.05) is 18.0 Å². The molecule has 13 heteroatoms. The van der Waals surface area contributed by atoms with Gasteiger partial charge in [-0.2, -0.15) is 4.31 Å². The van der Waals surface area contributed by atoms with Crippen molar-refractivity contribution in [3.63, 3.8) is 0 Å². The number of rotatable bonds is 5. The summed E-state index contributed by atoms with van der Waals surface area (Å²) in [5.41, 5.74) is 1.14. The Morgan fingerprint density at radius 1 is 1.11 bits per heavy atom. The normalized spacial score (nSPS) is 18.9. The summed E-state index contributed by atoms with van der Waals surface area (Å²) in [5, 5.41) is 5.46. The Balaban J connectivity index is 1.55. The number of halogens is 1. The number of carbonyl (C=O) groups is 3. The number of ether oxygens (including phenoxy) is 1. The number of imide groups is 1. The Kier molecular flexibility index (Phi) is 8.16. The molecule has 1 aliphatic heterocycles. The first-order valence-electron chi connectivity index (χ1n) is 11.3. The van der Waals surface area contributed by atoms with Crippen LogP contribution in [0.4, 0.5) is 9.80 Å². The summed E-state index contributed by atoms with van der Waals surface area (Å²) in [5.74, 6) is -1.54. The summed E-state index contributed by atoms with van der Waals surface area (Å²) in [4.78, 5) is 38.9. The summed E-state index contributed by atoms with van der Waals surface area (Å²) < 4.78 is 32.4. The number of amides is 3. The smallest absolute Gasteiger partial charge is 0.413 e. The second kappa shape index (κ2) is 11.0. The van der Waals surface area contributed by atoms with Crippen LogP contribution in [-0.4, -0.2) is 50.8 Å². The van der Waals surface area contributed by atoms with E-state index in [0.29, 0.717) is 40.7 Å². The molecule has 3 amide bonds. The summed E-state index contributed by atoms with van der Waals surface area (Å²) in [6.07, 6.45) is 4.62. The monoisotopic (exact) mass is 559 g/mol. The first-order valence-corrected chi connectivity index (χ1v) is 14.8. The fourth-order valence-corrected chi connectivity index (χ4v) is 8.88. The molecule has 2 aliphatic rings. The zero-order valence-electron chi connectivity index (χ0n) is 19.1. The van der Waals surface area contributed by atoms with Crippen molar-refractivity contribution < 1.29 is 27.5 Å². The lowest BCUT2D eigenvalue weighted by molar-refractivity contribution is -0.120. The van der Waals surface area contributed by atoms with E-state index in [1.54, 1.807) is 0 Å². The van der Waals surface area contributed by atoms with Crippen LogP contribution >= 0.6 is 34.3 Å². The van der Waals surface area contributed by atoms with Gasteiger partial charge in [-0.15, -0.1) is 22.7 Å². The lowest BCUT2D eigenvalue weighted by Gasteiger charge is -2.30. The van der Waals surface area contributed by atoms with Crippen molar-refractivity contribution in [3.05, 3.63) is 32.5 Å². The number of fused-ring (bicyclic) bond motifs is 1. The van der Waals surface area contributed by atoms with Crippen molar-refractivity contribution in [3.8, 4) is 0 Å². The molecule has 2 aromatic heterocycles. The van der Waals surface area contributed by atoms with Gasteiger partial charge in [-0.05, 0) is 56.2 Å². The van der Waals surface area contributed by atoms with E-state index in [9.17, 15) is 22.8 Å². The zero-order chi connectivity index (χ0) is 25.2. The second-order valence-electron chi connectivity index (χ2n) is 8.46. The molecule has 1 saturated heterocycles. The number of aryl methyl sites for hydroxylation is 1. The molecule has 35 heavy (non-hydrogen) atoms. The Morgan fingerprint density at radius 3 is 2.60 bits per heavy atom. The molecule has 0 spiro atoms. The van der Waals surface area contributed by atoms with Crippen LogP contribution in [0.2, 0.25) is 4.34 Å². The van der Waals surface area contributed by atoms with Crippen LogP contribution in [-0.2, 0) is 32.4 Å². The van der Waals surface area contributed by atoms with Gasteiger partial charge in [0.15, 0.2) is 0 Å². The number of methoxy groups -OCH3 is 1. The van der Waals surface area contributed by atoms with E-state index >= 15 is 0 Å². The van der Waals surface area contributed by atoms with Crippen molar-refractivity contribution in [2.24, 2.45) is 5.92 Å². The van der Waals surface area contributed by atoms with E-state index in [4.69, 9.17) is 11.6 Å². The second-order valence-corrected chi connectivity index (χ2v) is 13.4. The van der Waals surface area contributed by atoms with Gasteiger partial charge in [0.05, 0.1) is 22.9 Å². The third kappa shape index (κ3) is 5.72. The molecule has 1 atom stereocenters. The molecule has 9 nitrogen and oxygen atoms in total. The third-order valence-electron chi connectivity index (χ3n) is 6.18. The third-order valence-corrected chi connectivity index (χ3v) is 11.0. The fourth-order valence-electron chi connectivity index (χ4n) is 4.43. The van der Waals surface area contributed by atoms with Crippen molar-refractivity contribution in [1.82, 2.24) is 9.62 Å². The van der Waals surface area contributed by atoms with Gasteiger partial charge in [0.2, 0.25) is 5.91 Å². The number of thiophene rings is 2. The highest BCUT2D eigenvalue weighted by Crippen LogP contribution is 2.38. The van der Waals surface area contributed by atoms with Gasteiger partial charge in [-0.25, -0.2) is 13.2 Å². The molecule has 190 valence electrons. The molecule has 0 saturated carbocycles. The number of piperidine rings is 1. The molecular formula is C22H26ClN3O6S3. The predicted molar refractivity (Wildman–Crippen MR) is 135 cm³/mol. The summed E-state index contributed by atoms with van der Waals surface area (Å²) in [7, 11) is -2.58. The van der Waals surface area contributed by atoms with Crippen LogP contribution in [0.1, 0.15) is 52.9 Å². The minimum Gasteiger partial charge on any atom is -0.453 e. The molecule has 1 unspecified atom stereocenters. The maximum absolute atomic E-state index is 13.2. The molecule has 1 fully saturated rings. The Hall–Kier alpha value is -1.99. The van der Waals surface area contributed by atoms with E-state index in [1.165, 1.54) is 34.9 Å². The van der Waals surface area contributed by atoms with Gasteiger partial charge in [0.1, 0.15) is 9.21 Å². The zero-order valence-corrected chi connectivity index (χ0v) is 22.3. The van der Waals surface area contributed by atoms with Crippen LogP contribution < -0.4 is 10.6 Å². The molecule has 0 aromatic carbocycles. The van der Waals surface area contributed by atoms with Gasteiger partial charge < -0.3 is 10.1 Å². The Labute approximate surface area is 216 Å². The van der Waals surface area contributed by atoms with Crippen molar-refractivity contribution in [1.29, 1.82) is 0 Å². The number of hydrogen-bond acceptors (Lipinski definition) is 8. The molecule has 0 radical (unpaired) electrons. The molecule has 0 bridgehead atoms. The number of hydrogen-bond donors (Lipinski definition) is 2. The summed E-state index contributed by atoms with van der Waals surface area (Å²) in [6.45, 7) is 0.361. The number of anilines is 1. The molecule has 3 heterocycles. The number of alkyl carbamates (subject to hydrolysis) is 1. The molecule has 2 aromatic rings. The van der Waals surface area contributed by atoms with E-state index in [0.717, 1.165) is 47.5 Å². The number of nitrogens with zero attached hydrogens (tertiary/aromatic N) is 1.